The zero-order valence-corrected chi connectivity index (χ0v) is 11.0. The molecule has 0 aliphatic carbocycles. The Labute approximate surface area is 108 Å². The highest BCUT2D eigenvalue weighted by molar-refractivity contribution is 5.24. The Bertz CT molecular complexity index is 433. The van der Waals surface area contributed by atoms with Gasteiger partial charge in [-0.1, -0.05) is 17.7 Å². The first-order valence-corrected chi connectivity index (χ1v) is 6.90. The molecule has 2 fully saturated rings. The molecule has 2 nitrogen and oxygen atoms in total. The van der Waals surface area contributed by atoms with Gasteiger partial charge in [-0.25, -0.2) is 4.39 Å². The summed E-state index contributed by atoms with van der Waals surface area (Å²) < 4.78 is 13.8. The number of hydrogen-bond acceptors (Lipinski definition) is 2. The number of piperidine rings is 1. The monoisotopic (exact) mass is 248 g/mol. The summed E-state index contributed by atoms with van der Waals surface area (Å²) in [6.07, 6.45) is 1.26. The smallest absolute Gasteiger partial charge is 0.127 e. The lowest BCUT2D eigenvalue weighted by atomic mass is 9.88. The Morgan fingerprint density at radius 3 is 3.06 bits per heavy atom. The molecule has 2 unspecified atom stereocenters. The lowest BCUT2D eigenvalue weighted by Crippen LogP contribution is -2.39. The van der Waals surface area contributed by atoms with Crippen LogP contribution in [0.2, 0.25) is 0 Å². The van der Waals surface area contributed by atoms with E-state index in [9.17, 15) is 4.39 Å². The fraction of sp³-hybridized carbons (Fsp3) is 0.600. The first-order chi connectivity index (χ1) is 8.72. The van der Waals surface area contributed by atoms with E-state index >= 15 is 0 Å². The third kappa shape index (κ3) is 2.43. The molecule has 2 heterocycles. The SMILES string of the molecule is Cc1ccc(F)c(CN2CCC3CNCC3C2)c1. The van der Waals surface area contributed by atoms with Crippen molar-refractivity contribution in [3.8, 4) is 0 Å². The lowest BCUT2D eigenvalue weighted by Gasteiger charge is -2.34. The topological polar surface area (TPSA) is 15.3 Å². The summed E-state index contributed by atoms with van der Waals surface area (Å²) in [6, 6.07) is 5.41. The predicted molar refractivity (Wildman–Crippen MR) is 70.9 cm³/mol. The van der Waals surface area contributed by atoms with Crippen molar-refractivity contribution < 1.29 is 4.39 Å². The summed E-state index contributed by atoms with van der Waals surface area (Å²) in [6.45, 7) is 7.32. The van der Waals surface area contributed by atoms with Gasteiger partial charge in [0.05, 0.1) is 0 Å². The van der Waals surface area contributed by atoms with Crippen LogP contribution in [-0.4, -0.2) is 31.1 Å². The third-order valence-corrected chi connectivity index (χ3v) is 4.38. The van der Waals surface area contributed by atoms with Gasteiger partial charge in [-0.15, -0.1) is 0 Å². The van der Waals surface area contributed by atoms with Gasteiger partial charge in [-0.3, -0.25) is 4.90 Å². The van der Waals surface area contributed by atoms with Crippen LogP contribution in [0.15, 0.2) is 18.2 Å². The highest BCUT2D eigenvalue weighted by Gasteiger charge is 2.32. The molecule has 2 aliphatic heterocycles. The molecule has 3 rings (SSSR count). The van der Waals surface area contributed by atoms with Crippen LogP contribution in [0.4, 0.5) is 4.39 Å². The largest absolute Gasteiger partial charge is 0.316 e. The summed E-state index contributed by atoms with van der Waals surface area (Å²) in [7, 11) is 0. The molecule has 2 aliphatic rings. The number of nitrogens with zero attached hydrogens (tertiary/aromatic N) is 1. The second kappa shape index (κ2) is 4.98. The van der Waals surface area contributed by atoms with Crippen molar-refractivity contribution in [2.24, 2.45) is 11.8 Å². The number of aryl methyl sites for hydroxylation is 1. The lowest BCUT2D eigenvalue weighted by molar-refractivity contribution is 0.141. The Morgan fingerprint density at radius 2 is 2.17 bits per heavy atom. The van der Waals surface area contributed by atoms with Gasteiger partial charge in [0.25, 0.3) is 0 Å². The van der Waals surface area contributed by atoms with E-state index in [4.69, 9.17) is 0 Å². The molecule has 98 valence electrons. The van der Waals surface area contributed by atoms with Crippen LogP contribution in [0, 0.1) is 24.6 Å². The Hall–Kier alpha value is -0.930. The first kappa shape index (κ1) is 12.1. The van der Waals surface area contributed by atoms with E-state index in [1.807, 2.05) is 19.1 Å². The van der Waals surface area contributed by atoms with Crippen molar-refractivity contribution in [1.29, 1.82) is 0 Å². The summed E-state index contributed by atoms with van der Waals surface area (Å²) >= 11 is 0. The van der Waals surface area contributed by atoms with E-state index in [1.165, 1.54) is 13.0 Å². The second-order valence-electron chi connectivity index (χ2n) is 5.80. The van der Waals surface area contributed by atoms with Crippen LogP contribution in [0.5, 0.6) is 0 Å². The molecular formula is C15H21FN2. The van der Waals surface area contributed by atoms with E-state index in [0.29, 0.717) is 0 Å². The van der Waals surface area contributed by atoms with Gasteiger partial charge < -0.3 is 5.32 Å². The zero-order valence-electron chi connectivity index (χ0n) is 11.0. The molecule has 1 aromatic carbocycles. The molecule has 0 radical (unpaired) electrons. The second-order valence-corrected chi connectivity index (χ2v) is 5.80. The van der Waals surface area contributed by atoms with Gasteiger partial charge in [-0.2, -0.15) is 0 Å². The summed E-state index contributed by atoms with van der Waals surface area (Å²) in [5, 5.41) is 3.47. The van der Waals surface area contributed by atoms with Gasteiger partial charge in [0.15, 0.2) is 0 Å². The predicted octanol–water partition coefficient (Wildman–Crippen LogP) is 2.18. The number of fused-ring (bicyclic) bond motifs is 1. The minimum Gasteiger partial charge on any atom is -0.316 e. The number of likely N-dealkylation sites (tertiary alicyclic amines) is 1. The van der Waals surface area contributed by atoms with Gasteiger partial charge in [0.2, 0.25) is 0 Å². The highest BCUT2D eigenvalue weighted by atomic mass is 19.1. The van der Waals surface area contributed by atoms with Gasteiger partial charge in [0.1, 0.15) is 5.82 Å². The Balaban J connectivity index is 1.67. The Kier molecular flexibility index (Phi) is 3.35. The van der Waals surface area contributed by atoms with Crippen LogP contribution in [0.1, 0.15) is 17.5 Å². The molecule has 1 N–H and O–H groups in total. The van der Waals surface area contributed by atoms with Crippen molar-refractivity contribution in [3.63, 3.8) is 0 Å². The number of halogens is 1. The van der Waals surface area contributed by atoms with Crippen molar-refractivity contribution in [3.05, 3.63) is 35.1 Å². The van der Waals surface area contributed by atoms with Gasteiger partial charge >= 0.3 is 0 Å². The normalized spacial score (nSPS) is 28.3. The van der Waals surface area contributed by atoms with E-state index < -0.39 is 0 Å². The minimum atomic E-state index is -0.0627. The number of nitrogens with one attached hydrogen (secondary N) is 1. The molecule has 0 amide bonds. The van der Waals surface area contributed by atoms with Crippen molar-refractivity contribution >= 4 is 0 Å². The molecular weight excluding hydrogens is 227 g/mol. The summed E-state index contributed by atoms with van der Waals surface area (Å²) in [5.41, 5.74) is 1.99. The van der Waals surface area contributed by atoms with Crippen LogP contribution in [0.3, 0.4) is 0 Å². The van der Waals surface area contributed by atoms with Gasteiger partial charge in [0, 0.05) is 18.7 Å². The molecule has 2 atom stereocenters. The fourth-order valence-electron chi connectivity index (χ4n) is 3.32. The molecule has 1 aromatic rings. The quantitative estimate of drug-likeness (QED) is 0.863. The maximum Gasteiger partial charge on any atom is 0.127 e. The van der Waals surface area contributed by atoms with Gasteiger partial charge in [-0.05, 0) is 50.9 Å². The highest BCUT2D eigenvalue weighted by Crippen LogP contribution is 2.27. The molecule has 2 saturated heterocycles. The van der Waals surface area contributed by atoms with Crippen LogP contribution < -0.4 is 5.32 Å². The van der Waals surface area contributed by atoms with E-state index in [2.05, 4.69) is 10.2 Å². The van der Waals surface area contributed by atoms with Crippen LogP contribution >= 0.6 is 0 Å². The number of benzene rings is 1. The first-order valence-electron chi connectivity index (χ1n) is 6.90. The maximum atomic E-state index is 13.8. The average molecular weight is 248 g/mol. The molecule has 18 heavy (non-hydrogen) atoms. The number of rotatable bonds is 2. The third-order valence-electron chi connectivity index (χ3n) is 4.38. The van der Waals surface area contributed by atoms with Crippen LogP contribution in [0.25, 0.3) is 0 Å². The van der Waals surface area contributed by atoms with Crippen molar-refractivity contribution in [1.82, 2.24) is 10.2 Å². The summed E-state index contributed by atoms with van der Waals surface area (Å²) in [4.78, 5) is 2.41. The van der Waals surface area contributed by atoms with E-state index in [-0.39, 0.29) is 5.82 Å². The summed E-state index contributed by atoms with van der Waals surface area (Å²) in [5.74, 6) is 1.56. The van der Waals surface area contributed by atoms with E-state index in [0.717, 1.165) is 49.1 Å². The molecule has 3 heteroatoms. The molecule has 0 spiro atoms. The van der Waals surface area contributed by atoms with Crippen LogP contribution in [-0.2, 0) is 6.54 Å². The van der Waals surface area contributed by atoms with Crippen molar-refractivity contribution in [2.45, 2.75) is 19.9 Å². The minimum absolute atomic E-state index is 0.0627. The molecule has 0 bridgehead atoms. The average Bonchev–Trinajstić information content (AvgIpc) is 2.81. The Morgan fingerprint density at radius 1 is 1.33 bits per heavy atom. The zero-order chi connectivity index (χ0) is 12.5. The molecule has 0 saturated carbocycles. The molecule has 0 aromatic heterocycles. The van der Waals surface area contributed by atoms with Crippen molar-refractivity contribution in [2.75, 3.05) is 26.2 Å². The standard InChI is InChI=1S/C15H21FN2/c1-11-2-3-15(16)13(6-11)9-18-5-4-12-7-17-8-14(12)10-18/h2-3,6,12,14,17H,4-5,7-10H2,1H3. The fourth-order valence-corrected chi connectivity index (χ4v) is 3.32. The number of hydrogen-bond donors (Lipinski definition) is 1. The maximum absolute atomic E-state index is 13.8. The van der Waals surface area contributed by atoms with E-state index in [1.54, 1.807) is 6.07 Å².